The molecule has 1 rings (SSSR count). The molecule has 0 aliphatic heterocycles. The van der Waals surface area contributed by atoms with Crippen LogP contribution in [0, 0.1) is 31.1 Å². The second-order valence-corrected chi connectivity index (χ2v) is 6.44. The summed E-state index contributed by atoms with van der Waals surface area (Å²) in [7, 11) is 0. The molecule has 1 heterocycles. The summed E-state index contributed by atoms with van der Waals surface area (Å²) in [5.74, 6) is -0.520. The molecule has 136 valence electrons. The third-order valence-corrected chi connectivity index (χ3v) is 3.86. The molecule has 0 fully saturated rings. The first-order chi connectivity index (χ1) is 11.7. The lowest BCUT2D eigenvalue weighted by Crippen LogP contribution is -2.37. The molecular formula is C18H25N3O4. The van der Waals surface area contributed by atoms with Crippen LogP contribution < -0.4 is 10.9 Å². The number of nitriles is 1. The van der Waals surface area contributed by atoms with E-state index in [9.17, 15) is 14.4 Å². The van der Waals surface area contributed by atoms with Gasteiger partial charge in [0.15, 0.2) is 6.10 Å². The van der Waals surface area contributed by atoms with E-state index in [0.29, 0.717) is 30.1 Å². The zero-order chi connectivity index (χ0) is 19.1. The number of amides is 1. The minimum atomic E-state index is -0.862. The second-order valence-electron chi connectivity index (χ2n) is 6.44. The van der Waals surface area contributed by atoms with Crippen molar-refractivity contribution in [3.05, 3.63) is 32.7 Å². The number of nitrogens with zero attached hydrogens (tertiary/aromatic N) is 1. The Morgan fingerprint density at radius 3 is 2.48 bits per heavy atom. The van der Waals surface area contributed by atoms with E-state index in [2.05, 4.69) is 10.3 Å². The van der Waals surface area contributed by atoms with Crippen molar-refractivity contribution in [1.29, 1.82) is 5.26 Å². The Bertz CT molecular complexity index is 744. The van der Waals surface area contributed by atoms with Crippen molar-refractivity contribution in [3.63, 3.8) is 0 Å². The van der Waals surface area contributed by atoms with Crippen molar-refractivity contribution in [3.8, 4) is 6.07 Å². The first-order valence-corrected chi connectivity index (χ1v) is 8.27. The van der Waals surface area contributed by atoms with Gasteiger partial charge >= 0.3 is 5.97 Å². The molecule has 0 aromatic carbocycles. The fourth-order valence-electron chi connectivity index (χ4n) is 2.41. The standard InChI is InChI=1S/C18H25N3O4/c1-10(2)9-20-17(23)13(5)25-16(22)7-6-14-11(3)15(8-19)18(24)21-12(14)4/h10,13H,6-7,9H2,1-5H3,(H,20,23)(H,21,24)/t13-/m0/s1. The molecule has 0 unspecified atom stereocenters. The minimum absolute atomic E-state index is 0.0513. The lowest BCUT2D eigenvalue weighted by molar-refractivity contribution is -0.154. The number of esters is 1. The van der Waals surface area contributed by atoms with E-state index in [1.165, 1.54) is 6.92 Å². The Morgan fingerprint density at radius 2 is 1.92 bits per heavy atom. The van der Waals surface area contributed by atoms with Crippen LogP contribution in [0.25, 0.3) is 0 Å². The normalized spacial score (nSPS) is 11.7. The molecular weight excluding hydrogens is 322 g/mol. The van der Waals surface area contributed by atoms with Crippen LogP contribution in [0.15, 0.2) is 4.79 Å². The van der Waals surface area contributed by atoms with Crippen LogP contribution >= 0.6 is 0 Å². The first kappa shape index (κ1) is 20.4. The number of hydrogen-bond donors (Lipinski definition) is 2. The highest BCUT2D eigenvalue weighted by atomic mass is 16.5. The van der Waals surface area contributed by atoms with Crippen molar-refractivity contribution < 1.29 is 14.3 Å². The second kappa shape index (κ2) is 9.02. The highest BCUT2D eigenvalue weighted by molar-refractivity contribution is 5.83. The van der Waals surface area contributed by atoms with Gasteiger partial charge in [-0.1, -0.05) is 13.8 Å². The van der Waals surface area contributed by atoms with Crippen LogP contribution in [-0.2, 0) is 20.7 Å². The number of rotatable bonds is 7. The fourth-order valence-corrected chi connectivity index (χ4v) is 2.41. The Labute approximate surface area is 147 Å². The molecule has 7 nitrogen and oxygen atoms in total. The van der Waals surface area contributed by atoms with E-state index >= 15 is 0 Å². The van der Waals surface area contributed by atoms with E-state index in [-0.39, 0.29) is 17.9 Å². The fraction of sp³-hybridized carbons (Fsp3) is 0.556. The maximum absolute atomic E-state index is 12.0. The van der Waals surface area contributed by atoms with Crippen LogP contribution in [-0.4, -0.2) is 29.5 Å². The Hall–Kier alpha value is -2.62. The Balaban J connectivity index is 2.67. The summed E-state index contributed by atoms with van der Waals surface area (Å²) in [5.41, 5.74) is 1.55. The molecule has 0 bridgehead atoms. The zero-order valence-corrected chi connectivity index (χ0v) is 15.4. The molecule has 0 aliphatic rings. The summed E-state index contributed by atoms with van der Waals surface area (Å²) < 4.78 is 5.14. The van der Waals surface area contributed by atoms with E-state index in [4.69, 9.17) is 10.00 Å². The predicted octanol–water partition coefficient (Wildman–Crippen LogP) is 1.50. The largest absolute Gasteiger partial charge is 0.453 e. The van der Waals surface area contributed by atoms with Gasteiger partial charge in [0.05, 0.1) is 0 Å². The molecule has 0 saturated heterocycles. The van der Waals surface area contributed by atoms with Gasteiger partial charge < -0.3 is 15.0 Å². The van der Waals surface area contributed by atoms with Gasteiger partial charge in [-0.3, -0.25) is 14.4 Å². The van der Waals surface area contributed by atoms with E-state index in [0.717, 1.165) is 5.56 Å². The lowest BCUT2D eigenvalue weighted by Gasteiger charge is -2.15. The molecule has 1 aromatic heterocycles. The number of ether oxygens (including phenoxy) is 1. The minimum Gasteiger partial charge on any atom is -0.453 e. The van der Waals surface area contributed by atoms with E-state index in [1.54, 1.807) is 13.8 Å². The summed E-state index contributed by atoms with van der Waals surface area (Å²) in [6.07, 6.45) is -0.485. The van der Waals surface area contributed by atoms with Crippen molar-refractivity contribution in [1.82, 2.24) is 10.3 Å². The molecule has 0 aliphatic carbocycles. The van der Waals surface area contributed by atoms with Crippen molar-refractivity contribution in [2.24, 2.45) is 5.92 Å². The highest BCUT2D eigenvalue weighted by Gasteiger charge is 2.19. The molecule has 25 heavy (non-hydrogen) atoms. The van der Waals surface area contributed by atoms with E-state index in [1.807, 2.05) is 19.9 Å². The number of hydrogen-bond acceptors (Lipinski definition) is 5. The van der Waals surface area contributed by atoms with Gasteiger partial charge in [-0.05, 0) is 44.2 Å². The summed E-state index contributed by atoms with van der Waals surface area (Å²) in [6.45, 7) is 9.40. The highest BCUT2D eigenvalue weighted by Crippen LogP contribution is 2.15. The van der Waals surface area contributed by atoms with Crippen LogP contribution in [0.5, 0.6) is 0 Å². The van der Waals surface area contributed by atoms with Crippen LogP contribution in [0.2, 0.25) is 0 Å². The summed E-state index contributed by atoms with van der Waals surface area (Å²) in [4.78, 5) is 38.1. The first-order valence-electron chi connectivity index (χ1n) is 8.27. The molecule has 1 amide bonds. The number of aromatic amines is 1. The topological polar surface area (TPSA) is 112 Å². The van der Waals surface area contributed by atoms with Crippen molar-refractivity contribution in [2.45, 2.75) is 53.6 Å². The molecule has 0 radical (unpaired) electrons. The van der Waals surface area contributed by atoms with Gasteiger partial charge in [-0.15, -0.1) is 0 Å². The summed E-state index contributed by atoms with van der Waals surface area (Å²) in [6, 6.07) is 1.88. The van der Waals surface area contributed by atoms with Gasteiger partial charge in [0.2, 0.25) is 0 Å². The van der Waals surface area contributed by atoms with Gasteiger partial charge in [-0.2, -0.15) is 5.26 Å². The number of carbonyl (C=O) groups is 2. The molecule has 7 heteroatoms. The monoisotopic (exact) mass is 347 g/mol. The summed E-state index contributed by atoms with van der Waals surface area (Å²) >= 11 is 0. The maximum atomic E-state index is 12.0. The molecule has 1 atom stereocenters. The van der Waals surface area contributed by atoms with Gasteiger partial charge in [0.1, 0.15) is 11.6 Å². The van der Waals surface area contributed by atoms with Crippen LogP contribution in [0.4, 0.5) is 0 Å². The number of carbonyl (C=O) groups excluding carboxylic acids is 2. The van der Waals surface area contributed by atoms with Crippen molar-refractivity contribution >= 4 is 11.9 Å². The summed E-state index contributed by atoms with van der Waals surface area (Å²) in [5, 5.41) is 11.8. The van der Waals surface area contributed by atoms with Gasteiger partial charge in [0, 0.05) is 18.7 Å². The van der Waals surface area contributed by atoms with E-state index < -0.39 is 17.6 Å². The van der Waals surface area contributed by atoms with Crippen LogP contribution in [0.1, 0.15) is 49.6 Å². The predicted molar refractivity (Wildman–Crippen MR) is 93.0 cm³/mol. The molecule has 0 spiro atoms. The average molecular weight is 347 g/mol. The quantitative estimate of drug-likeness (QED) is 0.726. The smallest absolute Gasteiger partial charge is 0.306 e. The SMILES string of the molecule is Cc1[nH]c(=O)c(C#N)c(C)c1CCC(=O)O[C@@H](C)C(=O)NCC(C)C. The molecule has 1 aromatic rings. The van der Waals surface area contributed by atoms with Gasteiger partial charge in [0.25, 0.3) is 11.5 Å². The number of pyridine rings is 1. The van der Waals surface area contributed by atoms with Gasteiger partial charge in [-0.25, -0.2) is 0 Å². The molecule has 0 saturated carbocycles. The number of aromatic nitrogens is 1. The zero-order valence-electron chi connectivity index (χ0n) is 15.4. The Kier molecular flexibility index (Phi) is 7.37. The third-order valence-electron chi connectivity index (χ3n) is 3.86. The number of nitrogens with one attached hydrogen (secondary N) is 2. The van der Waals surface area contributed by atoms with Crippen LogP contribution in [0.3, 0.4) is 0 Å². The number of aryl methyl sites for hydroxylation is 1. The third kappa shape index (κ3) is 5.75. The number of H-pyrrole nitrogens is 1. The average Bonchev–Trinajstić information content (AvgIpc) is 2.52. The lowest BCUT2D eigenvalue weighted by atomic mass is 9.99. The van der Waals surface area contributed by atoms with Crippen molar-refractivity contribution in [2.75, 3.05) is 6.54 Å². The maximum Gasteiger partial charge on any atom is 0.306 e. The Morgan fingerprint density at radius 1 is 1.28 bits per heavy atom. The molecule has 2 N–H and O–H groups in total.